The molecule has 3 aliphatic rings. The van der Waals surface area contributed by atoms with E-state index in [1.807, 2.05) is 0 Å². The monoisotopic (exact) mass is 140 g/mol. The highest BCUT2D eigenvalue weighted by Crippen LogP contribution is 2.43. The fraction of sp³-hybridized carbons (Fsp3) is 1.00. The van der Waals surface area contributed by atoms with Crippen molar-refractivity contribution in [2.45, 2.75) is 37.6 Å². The third kappa shape index (κ3) is 0.663. The first-order valence-electron chi connectivity index (χ1n) is 4.20. The molecule has 4 atom stereocenters. The normalized spacial score (nSPS) is 57.6. The number of fused-ring (bicyclic) bond motifs is 2. The van der Waals surface area contributed by atoms with Crippen molar-refractivity contribution in [1.82, 2.24) is 0 Å². The zero-order valence-corrected chi connectivity index (χ0v) is 5.95. The van der Waals surface area contributed by atoms with Crippen LogP contribution in [0, 0.1) is 5.92 Å². The fourth-order valence-corrected chi connectivity index (χ4v) is 2.37. The molecule has 3 aliphatic heterocycles. The molecular formula is C8H12O2. The van der Waals surface area contributed by atoms with Crippen LogP contribution in [0.4, 0.5) is 0 Å². The Balaban J connectivity index is 1.77. The number of hydrogen-bond donors (Lipinski definition) is 0. The lowest BCUT2D eigenvalue weighted by Gasteiger charge is -2.14. The Morgan fingerprint density at radius 1 is 1.10 bits per heavy atom. The van der Waals surface area contributed by atoms with Gasteiger partial charge in [-0.25, -0.2) is 0 Å². The van der Waals surface area contributed by atoms with Gasteiger partial charge in [0.1, 0.15) is 0 Å². The van der Waals surface area contributed by atoms with Gasteiger partial charge in [-0.05, 0) is 19.3 Å². The van der Waals surface area contributed by atoms with Gasteiger partial charge < -0.3 is 9.47 Å². The second kappa shape index (κ2) is 1.74. The molecule has 2 heteroatoms. The Morgan fingerprint density at radius 2 is 2.00 bits per heavy atom. The van der Waals surface area contributed by atoms with Gasteiger partial charge in [-0.3, -0.25) is 0 Å². The van der Waals surface area contributed by atoms with Crippen molar-refractivity contribution < 1.29 is 9.47 Å². The molecule has 0 aromatic rings. The van der Waals surface area contributed by atoms with E-state index in [0.29, 0.717) is 18.3 Å². The van der Waals surface area contributed by atoms with Crippen LogP contribution in [-0.4, -0.2) is 24.9 Å². The topological polar surface area (TPSA) is 21.8 Å². The van der Waals surface area contributed by atoms with E-state index in [9.17, 15) is 0 Å². The number of hydrogen-bond acceptors (Lipinski definition) is 2. The first kappa shape index (κ1) is 5.56. The molecule has 0 aromatic heterocycles. The largest absolute Gasteiger partial charge is 0.375 e. The summed E-state index contributed by atoms with van der Waals surface area (Å²) < 4.78 is 11.0. The molecule has 3 rings (SSSR count). The Bertz CT molecular complexity index is 153. The Kier molecular flexibility index (Phi) is 0.968. The van der Waals surface area contributed by atoms with Crippen LogP contribution in [0.5, 0.6) is 0 Å². The zero-order chi connectivity index (χ0) is 6.55. The summed E-state index contributed by atoms with van der Waals surface area (Å²) in [5.74, 6) is 0.763. The molecule has 0 spiro atoms. The van der Waals surface area contributed by atoms with E-state index in [1.165, 1.54) is 19.3 Å². The van der Waals surface area contributed by atoms with Crippen molar-refractivity contribution in [2.24, 2.45) is 5.92 Å². The molecule has 4 unspecified atom stereocenters. The summed E-state index contributed by atoms with van der Waals surface area (Å²) in [4.78, 5) is 0. The summed E-state index contributed by atoms with van der Waals surface area (Å²) in [6.07, 6.45) is 5.60. The van der Waals surface area contributed by atoms with Gasteiger partial charge in [0.15, 0.2) is 0 Å². The molecule has 3 fully saturated rings. The van der Waals surface area contributed by atoms with Crippen LogP contribution < -0.4 is 0 Å². The van der Waals surface area contributed by atoms with Crippen LogP contribution in [-0.2, 0) is 9.47 Å². The zero-order valence-electron chi connectivity index (χ0n) is 5.95. The molecule has 0 saturated carbocycles. The summed E-state index contributed by atoms with van der Waals surface area (Å²) in [5, 5.41) is 0. The van der Waals surface area contributed by atoms with Gasteiger partial charge in [-0.2, -0.15) is 0 Å². The molecular weight excluding hydrogens is 128 g/mol. The molecule has 0 N–H and O–H groups in total. The van der Waals surface area contributed by atoms with Gasteiger partial charge in [-0.15, -0.1) is 0 Å². The third-order valence-electron chi connectivity index (χ3n) is 2.99. The molecule has 0 amide bonds. The highest BCUT2D eigenvalue weighted by molar-refractivity contribution is 4.96. The molecule has 2 bridgehead atoms. The highest BCUT2D eigenvalue weighted by atomic mass is 16.6. The van der Waals surface area contributed by atoms with Crippen LogP contribution in [0.25, 0.3) is 0 Å². The van der Waals surface area contributed by atoms with E-state index in [2.05, 4.69) is 0 Å². The summed E-state index contributed by atoms with van der Waals surface area (Å²) in [6, 6.07) is 0. The van der Waals surface area contributed by atoms with E-state index < -0.39 is 0 Å². The average molecular weight is 140 g/mol. The molecule has 3 saturated heterocycles. The Labute approximate surface area is 60.5 Å². The van der Waals surface area contributed by atoms with E-state index in [-0.39, 0.29) is 0 Å². The maximum Gasteiger partial charge on any atom is 0.0863 e. The second-order valence-electron chi connectivity index (χ2n) is 3.65. The lowest BCUT2D eigenvalue weighted by atomic mass is 9.87. The first-order valence-corrected chi connectivity index (χ1v) is 4.20. The minimum absolute atomic E-state index is 0.567. The summed E-state index contributed by atoms with van der Waals surface area (Å²) >= 11 is 0. The van der Waals surface area contributed by atoms with Crippen molar-refractivity contribution in [3.05, 3.63) is 0 Å². The molecule has 0 radical (unpaired) electrons. The minimum Gasteiger partial charge on any atom is -0.375 e. The lowest BCUT2D eigenvalue weighted by molar-refractivity contribution is 0.0875. The fourth-order valence-electron chi connectivity index (χ4n) is 2.37. The quantitative estimate of drug-likeness (QED) is 0.506. The Morgan fingerprint density at radius 3 is 2.50 bits per heavy atom. The maximum absolute atomic E-state index is 5.71. The molecule has 2 nitrogen and oxygen atoms in total. The standard InChI is InChI=1S/C8H12O2/c1-2-7-6(8-4-9-8)3-5(1)10-7/h5-8H,1-4H2. The number of rotatable bonds is 1. The second-order valence-corrected chi connectivity index (χ2v) is 3.65. The summed E-state index contributed by atoms with van der Waals surface area (Å²) in [5.41, 5.74) is 0. The van der Waals surface area contributed by atoms with Gasteiger partial charge >= 0.3 is 0 Å². The van der Waals surface area contributed by atoms with Crippen molar-refractivity contribution >= 4 is 0 Å². The van der Waals surface area contributed by atoms with Gasteiger partial charge in [0.2, 0.25) is 0 Å². The van der Waals surface area contributed by atoms with Crippen LogP contribution in [0.3, 0.4) is 0 Å². The molecule has 0 aromatic carbocycles. The number of epoxide rings is 1. The van der Waals surface area contributed by atoms with Gasteiger partial charge in [0, 0.05) is 5.92 Å². The Hall–Kier alpha value is -0.0800. The summed E-state index contributed by atoms with van der Waals surface area (Å²) in [6.45, 7) is 0.997. The SMILES string of the molecule is C1CC2OC1CC2C1CO1. The van der Waals surface area contributed by atoms with Gasteiger partial charge in [0.05, 0.1) is 24.9 Å². The summed E-state index contributed by atoms with van der Waals surface area (Å²) in [7, 11) is 0. The first-order chi connectivity index (χ1) is 4.93. The van der Waals surface area contributed by atoms with Crippen molar-refractivity contribution in [2.75, 3.05) is 6.61 Å². The molecule has 3 heterocycles. The lowest BCUT2D eigenvalue weighted by Crippen LogP contribution is -2.21. The molecule has 0 aliphatic carbocycles. The highest BCUT2D eigenvalue weighted by Gasteiger charge is 2.48. The van der Waals surface area contributed by atoms with Crippen LogP contribution >= 0.6 is 0 Å². The van der Waals surface area contributed by atoms with Crippen molar-refractivity contribution in [3.63, 3.8) is 0 Å². The van der Waals surface area contributed by atoms with Crippen LogP contribution in [0.1, 0.15) is 19.3 Å². The van der Waals surface area contributed by atoms with E-state index >= 15 is 0 Å². The van der Waals surface area contributed by atoms with Crippen LogP contribution in [0.2, 0.25) is 0 Å². The van der Waals surface area contributed by atoms with E-state index in [0.717, 1.165) is 12.5 Å². The molecule has 56 valence electrons. The van der Waals surface area contributed by atoms with Crippen LogP contribution in [0.15, 0.2) is 0 Å². The van der Waals surface area contributed by atoms with Crippen molar-refractivity contribution in [1.29, 1.82) is 0 Å². The third-order valence-corrected chi connectivity index (χ3v) is 2.99. The smallest absolute Gasteiger partial charge is 0.0863 e. The predicted molar refractivity (Wildman–Crippen MR) is 35.7 cm³/mol. The van der Waals surface area contributed by atoms with E-state index in [1.54, 1.807) is 0 Å². The van der Waals surface area contributed by atoms with E-state index in [4.69, 9.17) is 9.47 Å². The van der Waals surface area contributed by atoms with Gasteiger partial charge in [0.25, 0.3) is 0 Å². The molecule has 10 heavy (non-hydrogen) atoms. The number of ether oxygens (including phenoxy) is 2. The van der Waals surface area contributed by atoms with Crippen molar-refractivity contribution in [3.8, 4) is 0 Å². The minimum atomic E-state index is 0.567. The predicted octanol–water partition coefficient (Wildman–Crippen LogP) is 0.953. The maximum atomic E-state index is 5.71. The van der Waals surface area contributed by atoms with Gasteiger partial charge in [-0.1, -0.05) is 0 Å². The average Bonchev–Trinajstić information content (AvgIpc) is 2.60.